The first kappa shape index (κ1) is 19.3. The van der Waals surface area contributed by atoms with Gasteiger partial charge in [-0.25, -0.2) is 0 Å². The van der Waals surface area contributed by atoms with E-state index in [1.165, 1.54) is 12.1 Å². The van der Waals surface area contributed by atoms with Gasteiger partial charge in [-0.1, -0.05) is 6.07 Å². The summed E-state index contributed by atoms with van der Waals surface area (Å²) >= 11 is 3.95. The topological polar surface area (TPSA) is 105 Å². The number of ether oxygens (including phenoxy) is 2. The molecule has 0 atom stereocenters. The van der Waals surface area contributed by atoms with Crippen LogP contribution >= 0.6 is 27.7 Å². The minimum atomic E-state index is -0.551. The largest absolute Gasteiger partial charge is 0.507 e. The van der Waals surface area contributed by atoms with Gasteiger partial charge in [-0.05, 0) is 63.6 Å². The molecule has 4 rings (SSSR count). The van der Waals surface area contributed by atoms with Crippen LogP contribution in [0.15, 0.2) is 45.8 Å². The molecule has 2 heterocycles. The first-order chi connectivity index (χ1) is 13.9. The van der Waals surface area contributed by atoms with E-state index in [2.05, 4.69) is 21.2 Å². The van der Waals surface area contributed by atoms with Gasteiger partial charge in [-0.15, -0.1) is 0 Å². The van der Waals surface area contributed by atoms with Gasteiger partial charge in [0.25, 0.3) is 11.1 Å². The van der Waals surface area contributed by atoms with Crippen molar-refractivity contribution in [1.82, 2.24) is 4.90 Å². The van der Waals surface area contributed by atoms with Crippen LogP contribution in [0.1, 0.15) is 5.56 Å². The second kappa shape index (κ2) is 7.80. The fraction of sp³-hybridized carbons (Fsp3) is 0.105. The lowest BCUT2D eigenvalue weighted by atomic mass is 10.2. The molecule has 2 aliphatic rings. The number of phenols is 1. The number of aromatic hydroxyl groups is 1. The summed E-state index contributed by atoms with van der Waals surface area (Å²) in [5, 5.41) is 11.7. The van der Waals surface area contributed by atoms with Crippen molar-refractivity contribution in [1.29, 1.82) is 0 Å². The molecule has 0 unspecified atom stereocenters. The number of benzene rings is 2. The van der Waals surface area contributed by atoms with E-state index < -0.39 is 23.6 Å². The Balaban J connectivity index is 1.44. The van der Waals surface area contributed by atoms with E-state index >= 15 is 0 Å². The van der Waals surface area contributed by atoms with Gasteiger partial charge in [0.2, 0.25) is 12.7 Å². The van der Waals surface area contributed by atoms with Crippen molar-refractivity contribution < 1.29 is 29.0 Å². The minimum absolute atomic E-state index is 0.0652. The Hall–Kier alpha value is -2.98. The summed E-state index contributed by atoms with van der Waals surface area (Å²) < 4.78 is 10.9. The third-order valence-electron chi connectivity index (χ3n) is 4.10. The molecule has 0 aliphatic carbocycles. The van der Waals surface area contributed by atoms with Crippen molar-refractivity contribution in [2.75, 3.05) is 18.7 Å². The summed E-state index contributed by atoms with van der Waals surface area (Å²) in [7, 11) is 0. The molecule has 3 amide bonds. The van der Waals surface area contributed by atoms with Gasteiger partial charge in [0.1, 0.15) is 12.3 Å². The number of anilines is 1. The molecule has 0 radical (unpaired) electrons. The standard InChI is InChI=1S/C19H13BrN2O6S/c20-12-5-10(1-3-13(12)23)6-16-18(25)22(19(26)29-16)8-17(24)21-11-2-4-14-15(7-11)28-9-27-14/h1-7,23H,8-9H2,(H,21,24). The third-order valence-corrected chi connectivity index (χ3v) is 5.64. The highest BCUT2D eigenvalue weighted by atomic mass is 79.9. The van der Waals surface area contributed by atoms with Crippen molar-refractivity contribution in [3.05, 3.63) is 51.3 Å². The number of rotatable bonds is 4. The van der Waals surface area contributed by atoms with Crippen LogP contribution < -0.4 is 14.8 Å². The molecule has 2 aromatic rings. The summed E-state index contributed by atoms with van der Waals surface area (Å²) in [6, 6.07) is 9.62. The Labute approximate surface area is 177 Å². The second-order valence-electron chi connectivity index (χ2n) is 6.09. The number of hydrogen-bond acceptors (Lipinski definition) is 7. The van der Waals surface area contributed by atoms with Crippen LogP contribution in [0.5, 0.6) is 17.2 Å². The number of nitrogens with zero attached hydrogens (tertiary/aromatic N) is 1. The summed E-state index contributed by atoms with van der Waals surface area (Å²) in [4.78, 5) is 38.2. The number of phenolic OH excluding ortho intramolecular Hbond substituents is 1. The molecule has 2 aromatic carbocycles. The van der Waals surface area contributed by atoms with E-state index in [0.29, 0.717) is 27.2 Å². The van der Waals surface area contributed by atoms with E-state index in [1.807, 2.05) is 0 Å². The van der Waals surface area contributed by atoms with Crippen LogP contribution in [-0.4, -0.2) is 40.4 Å². The average molecular weight is 477 g/mol. The maximum atomic E-state index is 12.6. The van der Waals surface area contributed by atoms with Gasteiger partial charge in [0.05, 0.1) is 9.38 Å². The number of imide groups is 1. The molecular formula is C19H13BrN2O6S. The maximum Gasteiger partial charge on any atom is 0.294 e. The monoisotopic (exact) mass is 476 g/mol. The number of amides is 3. The predicted molar refractivity (Wildman–Crippen MR) is 110 cm³/mol. The molecule has 2 aliphatic heterocycles. The molecule has 0 spiro atoms. The molecule has 148 valence electrons. The molecule has 29 heavy (non-hydrogen) atoms. The zero-order valence-electron chi connectivity index (χ0n) is 14.7. The van der Waals surface area contributed by atoms with Crippen molar-refractivity contribution in [2.45, 2.75) is 0 Å². The number of carbonyl (C=O) groups excluding carboxylic acids is 3. The molecule has 2 N–H and O–H groups in total. The van der Waals surface area contributed by atoms with Gasteiger partial charge < -0.3 is 19.9 Å². The SMILES string of the molecule is O=C(CN1C(=O)SC(=Cc2ccc(O)c(Br)c2)C1=O)Nc1ccc2c(c1)OCO2. The van der Waals surface area contributed by atoms with E-state index in [-0.39, 0.29) is 17.4 Å². The van der Waals surface area contributed by atoms with E-state index in [4.69, 9.17) is 9.47 Å². The van der Waals surface area contributed by atoms with E-state index in [1.54, 1.807) is 30.3 Å². The number of thioether (sulfide) groups is 1. The van der Waals surface area contributed by atoms with Gasteiger partial charge in [0, 0.05) is 11.8 Å². The van der Waals surface area contributed by atoms with Gasteiger partial charge in [0.15, 0.2) is 11.5 Å². The van der Waals surface area contributed by atoms with Crippen LogP contribution in [0.25, 0.3) is 6.08 Å². The summed E-state index contributed by atoms with van der Waals surface area (Å²) in [6.45, 7) is -0.289. The number of fused-ring (bicyclic) bond motifs is 1. The van der Waals surface area contributed by atoms with Crippen molar-refractivity contribution in [2.24, 2.45) is 0 Å². The average Bonchev–Trinajstić information content (AvgIpc) is 3.24. The van der Waals surface area contributed by atoms with Gasteiger partial charge >= 0.3 is 0 Å². The van der Waals surface area contributed by atoms with Crippen LogP contribution in [0.2, 0.25) is 0 Å². The lowest BCUT2D eigenvalue weighted by molar-refractivity contribution is -0.127. The third kappa shape index (κ3) is 4.08. The van der Waals surface area contributed by atoms with Crippen LogP contribution in [0.3, 0.4) is 0 Å². The smallest absolute Gasteiger partial charge is 0.294 e. The summed E-state index contributed by atoms with van der Waals surface area (Å²) in [5.74, 6) is 0.0946. The van der Waals surface area contributed by atoms with Crippen molar-refractivity contribution in [3.63, 3.8) is 0 Å². The maximum absolute atomic E-state index is 12.6. The van der Waals surface area contributed by atoms with E-state index in [9.17, 15) is 19.5 Å². The molecule has 1 saturated heterocycles. The molecule has 8 nitrogen and oxygen atoms in total. The Kier molecular flexibility index (Phi) is 5.20. The second-order valence-corrected chi connectivity index (χ2v) is 7.94. The first-order valence-electron chi connectivity index (χ1n) is 8.34. The van der Waals surface area contributed by atoms with Crippen LogP contribution in [0.4, 0.5) is 10.5 Å². The summed E-state index contributed by atoms with van der Waals surface area (Å²) in [5.41, 5.74) is 1.10. The highest BCUT2D eigenvalue weighted by molar-refractivity contribution is 9.10. The lowest BCUT2D eigenvalue weighted by Gasteiger charge is -2.12. The van der Waals surface area contributed by atoms with Gasteiger partial charge in [-0.2, -0.15) is 0 Å². The molecule has 0 bridgehead atoms. The molecule has 0 aromatic heterocycles. The summed E-state index contributed by atoms with van der Waals surface area (Å²) in [6.07, 6.45) is 1.53. The number of carbonyl (C=O) groups is 3. The number of nitrogens with one attached hydrogen (secondary N) is 1. The van der Waals surface area contributed by atoms with Gasteiger partial charge in [-0.3, -0.25) is 19.3 Å². The Bertz CT molecular complexity index is 1070. The number of halogens is 1. The normalized spacial score (nSPS) is 16.6. The van der Waals surface area contributed by atoms with Crippen molar-refractivity contribution >= 4 is 56.5 Å². The zero-order valence-corrected chi connectivity index (χ0v) is 17.1. The molecular weight excluding hydrogens is 464 g/mol. The quantitative estimate of drug-likeness (QED) is 0.649. The van der Waals surface area contributed by atoms with E-state index in [0.717, 1.165) is 16.7 Å². The lowest BCUT2D eigenvalue weighted by Crippen LogP contribution is -2.36. The fourth-order valence-electron chi connectivity index (χ4n) is 2.72. The highest BCUT2D eigenvalue weighted by Gasteiger charge is 2.36. The van der Waals surface area contributed by atoms with Crippen LogP contribution in [0, 0.1) is 0 Å². The fourth-order valence-corrected chi connectivity index (χ4v) is 3.95. The predicted octanol–water partition coefficient (Wildman–Crippen LogP) is 3.56. The molecule has 10 heteroatoms. The van der Waals surface area contributed by atoms with Crippen LogP contribution in [-0.2, 0) is 9.59 Å². The Morgan fingerprint density at radius 3 is 2.79 bits per heavy atom. The van der Waals surface area contributed by atoms with Crippen molar-refractivity contribution in [3.8, 4) is 17.2 Å². The minimum Gasteiger partial charge on any atom is -0.507 e. The zero-order chi connectivity index (χ0) is 20.5. The highest BCUT2D eigenvalue weighted by Crippen LogP contribution is 2.35. The Morgan fingerprint density at radius 2 is 2.00 bits per heavy atom. The molecule has 0 saturated carbocycles. The number of hydrogen-bond donors (Lipinski definition) is 2. The molecule has 1 fully saturated rings. The Morgan fingerprint density at radius 1 is 1.21 bits per heavy atom. The first-order valence-corrected chi connectivity index (χ1v) is 9.95.